The lowest BCUT2D eigenvalue weighted by Gasteiger charge is -2.28. The zero-order chi connectivity index (χ0) is 15.1. The Hall–Kier alpha value is -1.83. The van der Waals surface area contributed by atoms with E-state index in [0.717, 1.165) is 19.3 Å². The first-order valence-electron chi connectivity index (χ1n) is 6.48. The van der Waals surface area contributed by atoms with Gasteiger partial charge in [0.15, 0.2) is 0 Å². The molecular weight excluding hydrogens is 268 g/mol. The van der Waals surface area contributed by atoms with E-state index in [1.165, 1.54) is 11.9 Å². The van der Waals surface area contributed by atoms with Gasteiger partial charge in [-0.1, -0.05) is 0 Å². The van der Waals surface area contributed by atoms with Crippen LogP contribution in [0.25, 0.3) is 0 Å². The molecule has 1 aliphatic heterocycles. The Labute approximate surface area is 116 Å². The zero-order valence-corrected chi connectivity index (χ0v) is 11.4. The largest absolute Gasteiger partial charge is 0.481 e. The normalized spacial score (nSPS) is 19.9. The number of amides is 2. The lowest BCUT2D eigenvalue weighted by Crippen LogP contribution is -2.49. The van der Waals surface area contributed by atoms with Gasteiger partial charge < -0.3 is 25.2 Å². The van der Waals surface area contributed by atoms with Gasteiger partial charge in [-0.3, -0.25) is 4.79 Å². The van der Waals surface area contributed by atoms with Crippen LogP contribution in [0.1, 0.15) is 25.7 Å². The van der Waals surface area contributed by atoms with Crippen molar-refractivity contribution in [1.82, 2.24) is 10.2 Å². The van der Waals surface area contributed by atoms with E-state index < -0.39 is 30.4 Å². The van der Waals surface area contributed by atoms with Gasteiger partial charge in [0.05, 0.1) is 12.5 Å². The summed E-state index contributed by atoms with van der Waals surface area (Å²) >= 11 is 0. The molecule has 1 heterocycles. The van der Waals surface area contributed by atoms with Crippen molar-refractivity contribution in [2.45, 2.75) is 37.8 Å². The number of nitrogens with zero attached hydrogens (tertiary/aromatic N) is 1. The Morgan fingerprint density at radius 2 is 2.05 bits per heavy atom. The van der Waals surface area contributed by atoms with Crippen LogP contribution >= 0.6 is 0 Å². The number of aliphatic carboxylic acids is 2. The molecule has 8 nitrogen and oxygen atoms in total. The van der Waals surface area contributed by atoms with E-state index in [9.17, 15) is 14.4 Å². The molecule has 2 atom stereocenters. The predicted octanol–water partition coefficient (Wildman–Crippen LogP) is 0.125. The summed E-state index contributed by atoms with van der Waals surface area (Å²) in [7, 11) is 1.52. The number of hydrogen-bond acceptors (Lipinski definition) is 4. The quantitative estimate of drug-likeness (QED) is 0.639. The third-order valence-corrected chi connectivity index (χ3v) is 3.07. The summed E-state index contributed by atoms with van der Waals surface area (Å²) in [5.74, 6) is -2.65. The van der Waals surface area contributed by atoms with Crippen molar-refractivity contribution in [2.24, 2.45) is 0 Å². The van der Waals surface area contributed by atoms with Crippen molar-refractivity contribution in [3.05, 3.63) is 0 Å². The lowest BCUT2D eigenvalue weighted by molar-refractivity contribution is -0.145. The van der Waals surface area contributed by atoms with Crippen molar-refractivity contribution < 1.29 is 29.3 Å². The van der Waals surface area contributed by atoms with Crippen LogP contribution in [-0.4, -0.2) is 65.4 Å². The molecule has 0 saturated carbocycles. The fraction of sp³-hybridized carbons (Fsp3) is 0.750. The van der Waals surface area contributed by atoms with Gasteiger partial charge in [0.25, 0.3) is 0 Å². The van der Waals surface area contributed by atoms with E-state index in [1.807, 2.05) is 0 Å². The highest BCUT2D eigenvalue weighted by atomic mass is 16.5. The number of carboxylic acids is 2. The second-order valence-corrected chi connectivity index (χ2v) is 4.81. The van der Waals surface area contributed by atoms with E-state index >= 15 is 0 Å². The van der Waals surface area contributed by atoms with Crippen LogP contribution in [0.4, 0.5) is 4.79 Å². The topological polar surface area (TPSA) is 116 Å². The van der Waals surface area contributed by atoms with Crippen LogP contribution in [-0.2, 0) is 14.3 Å². The number of likely N-dealkylation sites (N-methyl/N-ethyl adjacent to an activating group) is 1. The Balaban J connectivity index is 2.45. The number of ether oxygens (including phenoxy) is 1. The molecule has 0 aromatic rings. The molecule has 1 fully saturated rings. The van der Waals surface area contributed by atoms with E-state index in [1.54, 1.807) is 0 Å². The second kappa shape index (κ2) is 7.68. The molecule has 8 heteroatoms. The first-order chi connectivity index (χ1) is 9.40. The number of carbonyl (C=O) groups excluding carboxylic acids is 1. The summed E-state index contributed by atoms with van der Waals surface area (Å²) in [6, 6.07) is -2.05. The number of carbonyl (C=O) groups is 3. The van der Waals surface area contributed by atoms with E-state index in [0.29, 0.717) is 13.2 Å². The maximum Gasteiger partial charge on any atom is 0.326 e. The summed E-state index contributed by atoms with van der Waals surface area (Å²) in [5, 5.41) is 19.6. The predicted molar refractivity (Wildman–Crippen MR) is 68.4 cm³/mol. The van der Waals surface area contributed by atoms with Crippen LogP contribution in [0, 0.1) is 0 Å². The highest BCUT2D eigenvalue weighted by molar-refractivity contribution is 5.86. The summed E-state index contributed by atoms with van der Waals surface area (Å²) < 4.78 is 5.48. The molecule has 1 aliphatic rings. The van der Waals surface area contributed by atoms with Gasteiger partial charge >= 0.3 is 18.0 Å². The van der Waals surface area contributed by atoms with E-state index in [-0.39, 0.29) is 6.10 Å². The number of urea groups is 1. The molecule has 0 bridgehead atoms. The molecular formula is C12H20N2O6. The first-order valence-corrected chi connectivity index (χ1v) is 6.48. The number of hydrogen-bond donors (Lipinski definition) is 3. The van der Waals surface area contributed by atoms with Crippen LogP contribution in [0.15, 0.2) is 0 Å². The number of rotatable bonds is 6. The standard InChI is InChI=1S/C12H20N2O6/c1-14(7-8-4-2-3-5-20-8)12(19)13-9(11(17)18)6-10(15)16/h8-9H,2-7H2,1H3,(H,13,19)(H,15,16)(H,17,18)/t8?,9-/m1/s1. The van der Waals surface area contributed by atoms with Crippen molar-refractivity contribution in [3.63, 3.8) is 0 Å². The van der Waals surface area contributed by atoms with Crippen molar-refractivity contribution in [2.75, 3.05) is 20.2 Å². The number of nitrogens with one attached hydrogen (secondary N) is 1. The minimum atomic E-state index is -1.44. The minimum Gasteiger partial charge on any atom is -0.481 e. The Kier molecular flexibility index (Phi) is 6.23. The first kappa shape index (κ1) is 16.2. The molecule has 3 N–H and O–H groups in total. The average molecular weight is 288 g/mol. The van der Waals surface area contributed by atoms with Crippen LogP contribution in [0.2, 0.25) is 0 Å². The molecule has 0 aliphatic carbocycles. The molecule has 1 rings (SSSR count). The van der Waals surface area contributed by atoms with Gasteiger partial charge in [-0.2, -0.15) is 0 Å². The summed E-state index contributed by atoms with van der Waals surface area (Å²) in [6.07, 6.45) is 2.19. The van der Waals surface area contributed by atoms with Gasteiger partial charge in [0.1, 0.15) is 6.04 Å². The van der Waals surface area contributed by atoms with Gasteiger partial charge in [-0.15, -0.1) is 0 Å². The molecule has 0 spiro atoms. The summed E-state index contributed by atoms with van der Waals surface area (Å²) in [6.45, 7) is 1.02. The maximum absolute atomic E-state index is 11.8. The van der Waals surface area contributed by atoms with Gasteiger partial charge in [-0.25, -0.2) is 9.59 Å². The summed E-state index contributed by atoms with van der Waals surface area (Å²) in [4.78, 5) is 34.5. The van der Waals surface area contributed by atoms with Gasteiger partial charge in [0.2, 0.25) is 0 Å². The second-order valence-electron chi connectivity index (χ2n) is 4.81. The van der Waals surface area contributed by atoms with E-state index in [2.05, 4.69) is 5.32 Å². The summed E-state index contributed by atoms with van der Waals surface area (Å²) in [5.41, 5.74) is 0. The average Bonchev–Trinajstić information content (AvgIpc) is 2.38. The fourth-order valence-electron chi connectivity index (χ4n) is 1.97. The van der Waals surface area contributed by atoms with Crippen molar-refractivity contribution in [1.29, 1.82) is 0 Å². The molecule has 114 valence electrons. The Morgan fingerprint density at radius 1 is 1.35 bits per heavy atom. The number of carboxylic acid groups (broad SMARTS) is 2. The Morgan fingerprint density at radius 3 is 2.55 bits per heavy atom. The smallest absolute Gasteiger partial charge is 0.326 e. The minimum absolute atomic E-state index is 0.0535. The molecule has 0 aromatic carbocycles. The van der Waals surface area contributed by atoms with E-state index in [4.69, 9.17) is 14.9 Å². The van der Waals surface area contributed by atoms with Crippen molar-refractivity contribution in [3.8, 4) is 0 Å². The fourth-order valence-corrected chi connectivity index (χ4v) is 1.97. The lowest BCUT2D eigenvalue weighted by atomic mass is 10.1. The third kappa shape index (κ3) is 5.43. The molecule has 20 heavy (non-hydrogen) atoms. The monoisotopic (exact) mass is 288 g/mol. The molecule has 0 aromatic heterocycles. The third-order valence-electron chi connectivity index (χ3n) is 3.07. The van der Waals surface area contributed by atoms with Crippen LogP contribution < -0.4 is 5.32 Å². The van der Waals surface area contributed by atoms with Gasteiger partial charge in [-0.05, 0) is 19.3 Å². The molecule has 0 radical (unpaired) electrons. The molecule has 2 amide bonds. The van der Waals surface area contributed by atoms with Crippen LogP contribution in [0.5, 0.6) is 0 Å². The molecule has 1 saturated heterocycles. The molecule has 1 unspecified atom stereocenters. The highest BCUT2D eigenvalue weighted by Gasteiger charge is 2.25. The van der Waals surface area contributed by atoms with Crippen LogP contribution in [0.3, 0.4) is 0 Å². The zero-order valence-electron chi connectivity index (χ0n) is 11.4. The van der Waals surface area contributed by atoms with Crippen molar-refractivity contribution >= 4 is 18.0 Å². The highest BCUT2D eigenvalue weighted by Crippen LogP contribution is 2.13. The SMILES string of the molecule is CN(CC1CCCCO1)C(=O)N[C@H](CC(=O)O)C(=O)O. The maximum atomic E-state index is 11.8. The Bertz CT molecular complexity index is 367. The van der Waals surface area contributed by atoms with Gasteiger partial charge in [0, 0.05) is 20.2 Å².